The molecule has 0 saturated carbocycles. The molecule has 5 rings (SSSR count). The van der Waals surface area contributed by atoms with Gasteiger partial charge in [0.05, 0.1) is 19.4 Å². The summed E-state index contributed by atoms with van der Waals surface area (Å²) >= 11 is 0. The minimum absolute atomic E-state index is 0.283. The highest BCUT2D eigenvalue weighted by molar-refractivity contribution is 6.11. The van der Waals surface area contributed by atoms with Gasteiger partial charge >= 0.3 is 6.03 Å². The number of nitrogens with zero attached hydrogens (tertiary/aromatic N) is 2. The largest absolute Gasteiger partial charge is 0.467 e. The van der Waals surface area contributed by atoms with E-state index in [9.17, 15) is 14.4 Å². The molecule has 0 spiro atoms. The predicted octanol–water partition coefficient (Wildman–Crippen LogP) is 4.62. The number of ketones is 1. The lowest BCUT2D eigenvalue weighted by Crippen LogP contribution is -2.46. The number of amides is 3. The molecule has 2 aromatic heterocycles. The van der Waals surface area contributed by atoms with Crippen molar-refractivity contribution in [2.45, 2.75) is 32.4 Å². The minimum atomic E-state index is -1.28. The van der Waals surface area contributed by atoms with Gasteiger partial charge < -0.3 is 14.3 Å². The molecule has 1 aliphatic heterocycles. The molecule has 3 amide bonds. The van der Waals surface area contributed by atoms with E-state index in [0.29, 0.717) is 17.7 Å². The van der Waals surface area contributed by atoms with Crippen LogP contribution < -0.4 is 5.32 Å². The van der Waals surface area contributed by atoms with Gasteiger partial charge in [0.15, 0.2) is 11.3 Å². The molecule has 1 atom stereocenters. The quantitative estimate of drug-likeness (QED) is 0.294. The Morgan fingerprint density at radius 3 is 2.31 bits per heavy atom. The number of Topliss-reactive ketones (excluding diaryl/α,β-unsaturated/α-hetero) is 1. The molecule has 1 saturated heterocycles. The fourth-order valence-corrected chi connectivity index (χ4v) is 4.93. The molecule has 1 aliphatic rings. The molecular formula is C29H27N3O4. The lowest BCUT2D eigenvalue weighted by Gasteiger charge is -2.27. The van der Waals surface area contributed by atoms with E-state index in [0.717, 1.165) is 27.6 Å². The summed E-state index contributed by atoms with van der Waals surface area (Å²) in [5.74, 6) is 0.0552. The van der Waals surface area contributed by atoms with Crippen molar-refractivity contribution >= 4 is 17.7 Å². The average molecular weight is 482 g/mol. The van der Waals surface area contributed by atoms with E-state index in [1.54, 1.807) is 12.3 Å². The number of carbonyl (C=O) groups excluding carboxylic acids is 3. The third-order valence-corrected chi connectivity index (χ3v) is 6.82. The normalized spacial score (nSPS) is 17.4. The summed E-state index contributed by atoms with van der Waals surface area (Å²) in [5, 5.41) is 2.92. The molecule has 0 unspecified atom stereocenters. The highest BCUT2D eigenvalue weighted by atomic mass is 16.3. The van der Waals surface area contributed by atoms with Crippen LogP contribution in [-0.4, -0.2) is 33.7 Å². The Kier molecular flexibility index (Phi) is 6.06. The lowest BCUT2D eigenvalue weighted by atomic mass is 9.83. The maximum Gasteiger partial charge on any atom is 0.325 e. The van der Waals surface area contributed by atoms with Crippen LogP contribution in [0.4, 0.5) is 4.79 Å². The van der Waals surface area contributed by atoms with Gasteiger partial charge in [0.1, 0.15) is 5.76 Å². The predicted molar refractivity (Wildman–Crippen MR) is 135 cm³/mol. The Bertz CT molecular complexity index is 1410. The molecule has 1 fully saturated rings. The summed E-state index contributed by atoms with van der Waals surface area (Å²) in [6.07, 6.45) is 1.90. The molecule has 36 heavy (non-hydrogen) atoms. The number of urea groups is 1. The molecule has 182 valence electrons. The molecule has 2 aromatic carbocycles. The van der Waals surface area contributed by atoms with Crippen molar-refractivity contribution in [2.24, 2.45) is 0 Å². The minimum Gasteiger partial charge on any atom is -0.467 e. The van der Waals surface area contributed by atoms with Crippen LogP contribution in [0, 0.1) is 13.8 Å². The number of hydrogen-bond acceptors (Lipinski definition) is 4. The molecule has 7 heteroatoms. The smallest absolute Gasteiger partial charge is 0.325 e. The Morgan fingerprint density at radius 1 is 0.944 bits per heavy atom. The first-order valence-electron chi connectivity index (χ1n) is 11.8. The van der Waals surface area contributed by atoms with Crippen LogP contribution in [0.5, 0.6) is 0 Å². The van der Waals surface area contributed by atoms with Crippen LogP contribution >= 0.6 is 0 Å². The number of nitrogens with one attached hydrogen (secondary N) is 1. The number of carbonyl (C=O) groups is 3. The summed E-state index contributed by atoms with van der Waals surface area (Å²) in [6.45, 7) is 3.94. The summed E-state index contributed by atoms with van der Waals surface area (Å²) in [4.78, 5) is 41.4. The number of imide groups is 1. The van der Waals surface area contributed by atoms with Gasteiger partial charge in [0, 0.05) is 23.4 Å². The lowest BCUT2D eigenvalue weighted by molar-refractivity contribution is -0.131. The van der Waals surface area contributed by atoms with Gasteiger partial charge in [0.25, 0.3) is 5.91 Å². The second-order valence-corrected chi connectivity index (χ2v) is 9.13. The number of rotatable bonds is 8. The van der Waals surface area contributed by atoms with Crippen LogP contribution in [0.1, 0.15) is 38.6 Å². The molecule has 3 heterocycles. The number of aromatic nitrogens is 1. The van der Waals surface area contributed by atoms with Crippen LogP contribution in [-0.2, 0) is 23.3 Å². The van der Waals surface area contributed by atoms with E-state index in [-0.39, 0.29) is 18.7 Å². The van der Waals surface area contributed by atoms with Crippen LogP contribution in [0.15, 0.2) is 89.5 Å². The van der Waals surface area contributed by atoms with Crippen molar-refractivity contribution < 1.29 is 18.8 Å². The summed E-state index contributed by atoms with van der Waals surface area (Å²) < 4.78 is 7.44. The summed E-state index contributed by atoms with van der Waals surface area (Å²) in [7, 11) is 0. The van der Waals surface area contributed by atoms with Gasteiger partial charge in [-0.1, -0.05) is 60.7 Å². The Morgan fingerprint density at radius 2 is 1.64 bits per heavy atom. The van der Waals surface area contributed by atoms with Crippen molar-refractivity contribution in [2.75, 3.05) is 6.54 Å². The molecule has 0 bridgehead atoms. The van der Waals surface area contributed by atoms with Gasteiger partial charge in [-0.2, -0.15) is 0 Å². The third kappa shape index (κ3) is 4.13. The molecule has 4 aromatic rings. The van der Waals surface area contributed by atoms with Crippen molar-refractivity contribution in [3.8, 4) is 0 Å². The maximum absolute atomic E-state index is 13.9. The van der Waals surface area contributed by atoms with E-state index < -0.39 is 17.5 Å². The van der Waals surface area contributed by atoms with Crippen molar-refractivity contribution in [1.82, 2.24) is 14.8 Å². The first-order chi connectivity index (χ1) is 17.4. The number of aryl methyl sites for hydroxylation is 1. The molecule has 7 nitrogen and oxygen atoms in total. The Hall–Kier alpha value is -4.39. The molecular weight excluding hydrogens is 454 g/mol. The first-order valence-corrected chi connectivity index (χ1v) is 11.8. The standard InChI is InChI=1S/C29H27N3O4/c1-20-16-25(21(2)31(20)18-24-14-9-15-36-24)26(33)19-32-27(34)29(30-28(32)35,23-12-7-4-8-13-23)17-22-10-5-3-6-11-22/h3-16H,17-19H2,1-2H3,(H,30,35)/t29-/m1/s1. The van der Waals surface area contributed by atoms with Crippen LogP contribution in [0.3, 0.4) is 0 Å². The topological polar surface area (TPSA) is 84.5 Å². The summed E-state index contributed by atoms with van der Waals surface area (Å²) in [6, 6.07) is 23.7. The fraction of sp³-hybridized carbons (Fsp3) is 0.207. The van der Waals surface area contributed by atoms with Gasteiger partial charge in [-0.25, -0.2) is 4.79 Å². The van der Waals surface area contributed by atoms with E-state index in [4.69, 9.17) is 4.42 Å². The van der Waals surface area contributed by atoms with Gasteiger partial charge in [-0.15, -0.1) is 0 Å². The van der Waals surface area contributed by atoms with Crippen molar-refractivity contribution in [3.63, 3.8) is 0 Å². The van der Waals surface area contributed by atoms with E-state index >= 15 is 0 Å². The number of benzene rings is 2. The van der Waals surface area contributed by atoms with E-state index in [1.165, 1.54) is 0 Å². The van der Waals surface area contributed by atoms with Gasteiger partial charge in [0.2, 0.25) is 0 Å². The maximum atomic E-state index is 13.9. The first kappa shape index (κ1) is 23.4. The molecule has 0 radical (unpaired) electrons. The van der Waals surface area contributed by atoms with Gasteiger partial charge in [-0.05, 0) is 43.2 Å². The van der Waals surface area contributed by atoms with Gasteiger partial charge in [-0.3, -0.25) is 14.5 Å². The fourth-order valence-electron chi connectivity index (χ4n) is 4.93. The average Bonchev–Trinajstić information content (AvgIpc) is 3.56. The second-order valence-electron chi connectivity index (χ2n) is 9.13. The zero-order valence-corrected chi connectivity index (χ0v) is 20.2. The molecule has 0 aliphatic carbocycles. The molecule has 1 N–H and O–H groups in total. The highest BCUT2D eigenvalue weighted by Crippen LogP contribution is 2.33. The zero-order valence-electron chi connectivity index (χ0n) is 20.2. The Labute approximate surface area is 209 Å². The van der Waals surface area contributed by atoms with E-state index in [1.807, 2.05) is 91.2 Å². The zero-order chi connectivity index (χ0) is 25.3. The highest BCUT2D eigenvalue weighted by Gasteiger charge is 2.52. The van der Waals surface area contributed by atoms with Crippen molar-refractivity contribution in [1.29, 1.82) is 0 Å². The Balaban J connectivity index is 1.43. The number of furan rings is 1. The second kappa shape index (κ2) is 9.34. The number of hydrogen-bond donors (Lipinski definition) is 1. The van der Waals surface area contributed by atoms with Crippen LogP contribution in [0.25, 0.3) is 0 Å². The van der Waals surface area contributed by atoms with Crippen LogP contribution in [0.2, 0.25) is 0 Å². The third-order valence-electron chi connectivity index (χ3n) is 6.82. The SMILES string of the molecule is Cc1cc(C(=O)CN2C(=O)N[C@](Cc3ccccc3)(c3ccccc3)C2=O)c(C)n1Cc1ccco1. The van der Waals surface area contributed by atoms with Crippen molar-refractivity contribution in [3.05, 3.63) is 119 Å². The summed E-state index contributed by atoms with van der Waals surface area (Å²) in [5.41, 5.74) is 2.45. The van der Waals surface area contributed by atoms with E-state index in [2.05, 4.69) is 5.32 Å². The monoisotopic (exact) mass is 481 g/mol.